The topological polar surface area (TPSA) is 41.0 Å². The lowest BCUT2D eigenvalue weighted by molar-refractivity contribution is 0.396. The average molecular weight is 441 g/mol. The molecule has 0 radical (unpaired) electrons. The molecule has 0 saturated heterocycles. The quantitative estimate of drug-likeness (QED) is 0.464. The van der Waals surface area contributed by atoms with Crippen molar-refractivity contribution in [3.05, 3.63) is 75.4 Å². The maximum Gasteiger partial charge on any atom is 0.223 e. The van der Waals surface area contributed by atoms with Crippen LogP contribution in [0.25, 0.3) is 11.3 Å². The van der Waals surface area contributed by atoms with Gasteiger partial charge in [-0.1, -0.05) is 53.5 Å². The first-order chi connectivity index (χ1) is 14.5. The van der Waals surface area contributed by atoms with Crippen molar-refractivity contribution in [2.45, 2.75) is 25.2 Å². The second-order valence-electron chi connectivity index (χ2n) is 8.02. The number of rotatable bonds is 7. The van der Waals surface area contributed by atoms with E-state index in [2.05, 4.69) is 59.6 Å². The van der Waals surface area contributed by atoms with E-state index in [1.165, 1.54) is 5.56 Å². The Balaban J connectivity index is 1.58. The summed E-state index contributed by atoms with van der Waals surface area (Å²) in [6, 6.07) is 14.4. The fourth-order valence-corrected chi connectivity index (χ4v) is 4.31. The Morgan fingerprint density at radius 1 is 1.07 bits per heavy atom. The summed E-state index contributed by atoms with van der Waals surface area (Å²) in [5.74, 6) is 0.901. The average Bonchev–Trinajstić information content (AvgIpc) is 2.75. The van der Waals surface area contributed by atoms with Crippen LogP contribution in [0.5, 0.6) is 0 Å². The van der Waals surface area contributed by atoms with Gasteiger partial charge in [-0.25, -0.2) is 9.97 Å². The Morgan fingerprint density at radius 3 is 2.70 bits per heavy atom. The molecule has 4 nitrogen and oxygen atoms in total. The second kappa shape index (κ2) is 9.34. The van der Waals surface area contributed by atoms with Crippen molar-refractivity contribution >= 4 is 29.2 Å². The fraction of sp³-hybridized carbons (Fsp3) is 0.333. The number of nitrogens with zero attached hydrogens (tertiary/aromatic N) is 3. The maximum atomic E-state index is 6.30. The van der Waals surface area contributed by atoms with E-state index in [-0.39, 0.29) is 5.92 Å². The third kappa shape index (κ3) is 4.61. The first-order valence-corrected chi connectivity index (χ1v) is 11.1. The molecule has 0 amide bonds. The van der Waals surface area contributed by atoms with Crippen molar-refractivity contribution in [1.82, 2.24) is 14.9 Å². The van der Waals surface area contributed by atoms with Gasteiger partial charge in [0.15, 0.2) is 0 Å². The molecule has 156 valence electrons. The van der Waals surface area contributed by atoms with Crippen LogP contribution in [0.4, 0.5) is 5.95 Å². The van der Waals surface area contributed by atoms with Crippen LogP contribution in [0.1, 0.15) is 35.4 Å². The predicted octanol–water partition coefficient (Wildman–Crippen LogP) is 5.89. The second-order valence-corrected chi connectivity index (χ2v) is 8.84. The summed E-state index contributed by atoms with van der Waals surface area (Å²) < 4.78 is 0. The van der Waals surface area contributed by atoms with Crippen LogP contribution in [0, 0.1) is 0 Å². The Kier molecular flexibility index (Phi) is 6.57. The molecule has 2 aromatic carbocycles. The highest BCUT2D eigenvalue weighted by Crippen LogP contribution is 2.42. The minimum absolute atomic E-state index is 0.205. The van der Waals surface area contributed by atoms with E-state index in [0.29, 0.717) is 16.0 Å². The lowest BCUT2D eigenvalue weighted by atomic mass is 9.78. The summed E-state index contributed by atoms with van der Waals surface area (Å²) in [7, 11) is 4.20. The molecule has 6 heteroatoms. The molecule has 1 unspecified atom stereocenters. The normalized spacial score (nSPS) is 15.0. The number of unbranched alkanes of at least 4 members (excludes halogenated alkanes) is 1. The van der Waals surface area contributed by atoms with Gasteiger partial charge in [-0.3, -0.25) is 0 Å². The van der Waals surface area contributed by atoms with Crippen molar-refractivity contribution in [3.63, 3.8) is 0 Å². The summed E-state index contributed by atoms with van der Waals surface area (Å²) in [4.78, 5) is 11.6. The monoisotopic (exact) mass is 440 g/mol. The van der Waals surface area contributed by atoms with Crippen LogP contribution in [0.2, 0.25) is 10.0 Å². The van der Waals surface area contributed by atoms with Crippen molar-refractivity contribution in [1.29, 1.82) is 0 Å². The molecule has 0 spiro atoms. The van der Waals surface area contributed by atoms with Gasteiger partial charge in [0, 0.05) is 24.2 Å². The van der Waals surface area contributed by atoms with Crippen molar-refractivity contribution in [3.8, 4) is 11.3 Å². The minimum atomic E-state index is 0.205. The zero-order chi connectivity index (χ0) is 21.1. The molecule has 1 atom stereocenters. The van der Waals surface area contributed by atoms with Gasteiger partial charge in [0.1, 0.15) is 0 Å². The number of hydrogen-bond acceptors (Lipinski definition) is 4. The Hall–Kier alpha value is -2.14. The number of nitrogens with one attached hydrogen (secondary N) is 1. The molecule has 3 aromatic rings. The predicted molar refractivity (Wildman–Crippen MR) is 126 cm³/mol. The maximum absolute atomic E-state index is 6.30. The van der Waals surface area contributed by atoms with E-state index < -0.39 is 0 Å². The number of hydrogen-bond donors (Lipinski definition) is 1. The van der Waals surface area contributed by atoms with E-state index in [1.807, 2.05) is 18.3 Å². The van der Waals surface area contributed by atoms with E-state index in [1.54, 1.807) is 0 Å². The lowest BCUT2D eigenvalue weighted by Crippen LogP contribution is -2.16. The van der Waals surface area contributed by atoms with Crippen molar-refractivity contribution in [2.75, 3.05) is 32.5 Å². The van der Waals surface area contributed by atoms with Gasteiger partial charge in [-0.05, 0) is 68.7 Å². The molecule has 1 aliphatic rings. The molecule has 1 aliphatic carbocycles. The number of aromatic nitrogens is 2. The largest absolute Gasteiger partial charge is 0.354 e. The molecule has 1 aromatic heterocycles. The highest BCUT2D eigenvalue weighted by atomic mass is 35.5. The van der Waals surface area contributed by atoms with E-state index >= 15 is 0 Å². The van der Waals surface area contributed by atoms with Crippen LogP contribution < -0.4 is 5.32 Å². The van der Waals surface area contributed by atoms with Crippen LogP contribution in [0.3, 0.4) is 0 Å². The van der Waals surface area contributed by atoms with Crippen LogP contribution in [0.15, 0.2) is 48.7 Å². The molecule has 0 saturated carbocycles. The smallest absolute Gasteiger partial charge is 0.223 e. The zero-order valence-electron chi connectivity index (χ0n) is 17.3. The Bertz CT molecular complexity index is 1040. The van der Waals surface area contributed by atoms with E-state index in [9.17, 15) is 0 Å². The summed E-state index contributed by atoms with van der Waals surface area (Å²) >= 11 is 12.4. The van der Waals surface area contributed by atoms with E-state index in [0.717, 1.165) is 54.7 Å². The number of fused-ring (bicyclic) bond motifs is 3. The summed E-state index contributed by atoms with van der Waals surface area (Å²) in [5.41, 5.74) is 5.76. The van der Waals surface area contributed by atoms with Gasteiger partial charge in [0.2, 0.25) is 5.95 Å². The standard InChI is InChI=1S/C24H26Cl2N4/c1-30(2)12-6-5-11-27-24-28-15-17-13-20(16-9-10-21(25)22(26)14-16)18-7-3-4-8-19(18)23(17)29-24/h3-4,7-10,14-15,20H,5-6,11-13H2,1-2H3,(H,27,28,29). The third-order valence-corrected chi connectivity index (χ3v) is 6.28. The molecule has 1 heterocycles. The third-order valence-electron chi connectivity index (χ3n) is 5.54. The lowest BCUT2D eigenvalue weighted by Gasteiger charge is -2.27. The van der Waals surface area contributed by atoms with Gasteiger partial charge in [-0.2, -0.15) is 0 Å². The first-order valence-electron chi connectivity index (χ1n) is 10.3. The van der Waals surface area contributed by atoms with Gasteiger partial charge < -0.3 is 10.2 Å². The number of halogens is 2. The summed E-state index contributed by atoms with van der Waals surface area (Å²) in [5, 5.41) is 4.55. The molecular formula is C24H26Cl2N4. The van der Waals surface area contributed by atoms with Gasteiger partial charge in [0.05, 0.1) is 15.7 Å². The van der Waals surface area contributed by atoms with Crippen LogP contribution >= 0.6 is 23.2 Å². The zero-order valence-corrected chi connectivity index (χ0v) is 18.8. The molecule has 0 bridgehead atoms. The minimum Gasteiger partial charge on any atom is -0.354 e. The molecule has 4 rings (SSSR count). The molecule has 1 N–H and O–H groups in total. The SMILES string of the molecule is CN(C)CCCCNc1ncc2c(n1)-c1ccccc1C(c1ccc(Cl)c(Cl)c1)C2. The van der Waals surface area contributed by atoms with Crippen molar-refractivity contribution < 1.29 is 0 Å². The van der Waals surface area contributed by atoms with Gasteiger partial charge in [-0.15, -0.1) is 0 Å². The molecule has 0 fully saturated rings. The Labute approximate surface area is 188 Å². The van der Waals surface area contributed by atoms with Gasteiger partial charge >= 0.3 is 0 Å². The van der Waals surface area contributed by atoms with Crippen LogP contribution in [-0.2, 0) is 6.42 Å². The summed E-state index contributed by atoms with van der Waals surface area (Å²) in [6.07, 6.45) is 5.05. The summed E-state index contributed by atoms with van der Waals surface area (Å²) in [6.45, 7) is 1.97. The number of benzene rings is 2. The van der Waals surface area contributed by atoms with Crippen molar-refractivity contribution in [2.24, 2.45) is 0 Å². The highest BCUT2D eigenvalue weighted by Gasteiger charge is 2.27. The van der Waals surface area contributed by atoms with Crippen LogP contribution in [-0.4, -0.2) is 42.1 Å². The first kappa shape index (κ1) is 21.1. The highest BCUT2D eigenvalue weighted by molar-refractivity contribution is 6.42. The fourth-order valence-electron chi connectivity index (χ4n) is 4.00. The van der Waals surface area contributed by atoms with E-state index in [4.69, 9.17) is 28.2 Å². The molecule has 0 aliphatic heterocycles. The molecule has 30 heavy (non-hydrogen) atoms. The number of anilines is 1. The van der Waals surface area contributed by atoms with Gasteiger partial charge in [0.25, 0.3) is 0 Å². The molecular weight excluding hydrogens is 415 g/mol. The Morgan fingerprint density at radius 2 is 1.90 bits per heavy atom.